The van der Waals surface area contributed by atoms with Gasteiger partial charge in [-0.1, -0.05) is 0 Å². The molecule has 0 aliphatic carbocycles. The molecule has 0 radical (unpaired) electrons. The summed E-state index contributed by atoms with van der Waals surface area (Å²) in [6.45, 7) is 5.07. The zero-order chi connectivity index (χ0) is 13.8. The summed E-state index contributed by atoms with van der Waals surface area (Å²) < 4.78 is 28.3. The Morgan fingerprint density at radius 1 is 1.37 bits per heavy atom. The van der Waals surface area contributed by atoms with E-state index in [0.717, 1.165) is 24.2 Å². The van der Waals surface area contributed by atoms with E-state index in [1.807, 2.05) is 24.7 Å². The maximum Gasteiger partial charge on any atom is 0.127 e. The fraction of sp³-hybridized carbons (Fsp3) is 0.357. The van der Waals surface area contributed by atoms with Crippen molar-refractivity contribution >= 4 is 0 Å². The Morgan fingerprint density at radius 2 is 2.16 bits per heavy atom. The van der Waals surface area contributed by atoms with Crippen LogP contribution in [0.1, 0.15) is 31.0 Å². The van der Waals surface area contributed by atoms with Crippen molar-refractivity contribution in [2.75, 3.05) is 0 Å². The molecule has 1 aromatic carbocycles. The lowest BCUT2D eigenvalue weighted by molar-refractivity contribution is 0.535. The minimum atomic E-state index is -0.426. The summed E-state index contributed by atoms with van der Waals surface area (Å²) in [7, 11) is 0. The summed E-state index contributed by atoms with van der Waals surface area (Å²) in [6.07, 6.45) is 3.72. The van der Waals surface area contributed by atoms with E-state index in [0.29, 0.717) is 5.56 Å². The Hall–Kier alpha value is -1.75. The molecule has 0 fully saturated rings. The largest absolute Gasteiger partial charge is 0.306 e. The van der Waals surface area contributed by atoms with E-state index >= 15 is 0 Å². The number of benzene rings is 1. The Bertz CT molecular complexity index is 551. The number of aromatic nitrogens is 2. The molecule has 1 heterocycles. The van der Waals surface area contributed by atoms with Gasteiger partial charge < -0.3 is 5.32 Å². The highest BCUT2D eigenvalue weighted by molar-refractivity contribution is 5.19. The van der Waals surface area contributed by atoms with Gasteiger partial charge in [-0.2, -0.15) is 5.10 Å². The summed E-state index contributed by atoms with van der Waals surface area (Å²) in [6, 6.07) is 3.51. The molecule has 1 aromatic heterocycles. The van der Waals surface area contributed by atoms with Crippen LogP contribution in [0, 0.1) is 11.6 Å². The average Bonchev–Trinajstić information content (AvgIpc) is 2.88. The molecule has 1 unspecified atom stereocenters. The second-order valence-corrected chi connectivity index (χ2v) is 4.47. The van der Waals surface area contributed by atoms with Gasteiger partial charge in [-0.05, 0) is 32.0 Å². The first-order chi connectivity index (χ1) is 9.10. The molecule has 5 heteroatoms. The first-order valence-electron chi connectivity index (χ1n) is 6.29. The molecule has 1 N–H and O–H groups in total. The number of aryl methyl sites for hydroxylation is 1. The highest BCUT2D eigenvalue weighted by Crippen LogP contribution is 2.14. The van der Waals surface area contributed by atoms with Crippen LogP contribution >= 0.6 is 0 Å². The number of nitrogens with one attached hydrogen (secondary N) is 1. The highest BCUT2D eigenvalue weighted by atomic mass is 19.1. The van der Waals surface area contributed by atoms with Crippen LogP contribution in [-0.4, -0.2) is 9.78 Å². The van der Waals surface area contributed by atoms with E-state index in [4.69, 9.17) is 0 Å². The van der Waals surface area contributed by atoms with Gasteiger partial charge in [0.05, 0.1) is 6.20 Å². The summed E-state index contributed by atoms with van der Waals surface area (Å²) >= 11 is 0. The monoisotopic (exact) mass is 265 g/mol. The van der Waals surface area contributed by atoms with Gasteiger partial charge in [0.25, 0.3) is 0 Å². The van der Waals surface area contributed by atoms with Crippen LogP contribution in [0.4, 0.5) is 8.78 Å². The number of hydrogen-bond acceptors (Lipinski definition) is 2. The highest BCUT2D eigenvalue weighted by Gasteiger charge is 2.09. The molecule has 0 spiro atoms. The van der Waals surface area contributed by atoms with Crippen LogP contribution < -0.4 is 5.32 Å². The average molecular weight is 265 g/mol. The van der Waals surface area contributed by atoms with Crippen LogP contribution in [0.3, 0.4) is 0 Å². The van der Waals surface area contributed by atoms with Crippen LogP contribution in [0.5, 0.6) is 0 Å². The molecule has 0 bridgehead atoms. The first kappa shape index (κ1) is 13.7. The van der Waals surface area contributed by atoms with Gasteiger partial charge in [-0.25, -0.2) is 8.78 Å². The van der Waals surface area contributed by atoms with E-state index in [9.17, 15) is 8.78 Å². The SMILES string of the molecule is CCn1cc(C(C)NCc2cc(F)ccc2F)cn1. The third-order valence-electron chi connectivity index (χ3n) is 3.08. The lowest BCUT2D eigenvalue weighted by Crippen LogP contribution is -2.18. The van der Waals surface area contributed by atoms with Crippen LogP contribution in [0.25, 0.3) is 0 Å². The van der Waals surface area contributed by atoms with Gasteiger partial charge in [0.1, 0.15) is 11.6 Å². The first-order valence-corrected chi connectivity index (χ1v) is 6.29. The van der Waals surface area contributed by atoms with Crippen molar-refractivity contribution in [2.45, 2.75) is 33.0 Å². The fourth-order valence-corrected chi connectivity index (χ4v) is 1.84. The van der Waals surface area contributed by atoms with Crippen molar-refractivity contribution in [3.63, 3.8) is 0 Å². The maximum atomic E-state index is 13.5. The van der Waals surface area contributed by atoms with Gasteiger partial charge >= 0.3 is 0 Å². The zero-order valence-corrected chi connectivity index (χ0v) is 11.0. The minimum Gasteiger partial charge on any atom is -0.306 e. The number of rotatable bonds is 5. The van der Waals surface area contributed by atoms with Crippen molar-refractivity contribution in [3.05, 3.63) is 53.4 Å². The van der Waals surface area contributed by atoms with E-state index in [2.05, 4.69) is 10.4 Å². The second-order valence-electron chi connectivity index (χ2n) is 4.47. The summed E-state index contributed by atoms with van der Waals surface area (Å²) in [5.74, 6) is -0.824. The van der Waals surface area contributed by atoms with Crippen molar-refractivity contribution in [2.24, 2.45) is 0 Å². The summed E-state index contributed by atoms with van der Waals surface area (Å²) in [5, 5.41) is 7.35. The quantitative estimate of drug-likeness (QED) is 0.900. The van der Waals surface area contributed by atoms with Crippen molar-refractivity contribution in [1.29, 1.82) is 0 Å². The molecule has 19 heavy (non-hydrogen) atoms. The summed E-state index contributed by atoms with van der Waals surface area (Å²) in [4.78, 5) is 0. The van der Waals surface area contributed by atoms with Crippen molar-refractivity contribution in [1.82, 2.24) is 15.1 Å². The third kappa shape index (κ3) is 3.38. The molecule has 3 nitrogen and oxygen atoms in total. The van der Waals surface area contributed by atoms with Gasteiger partial charge in [0, 0.05) is 36.5 Å². The molecule has 0 amide bonds. The molecular weight excluding hydrogens is 248 g/mol. The van der Waals surface area contributed by atoms with Gasteiger partial charge in [0.2, 0.25) is 0 Å². The maximum absolute atomic E-state index is 13.5. The van der Waals surface area contributed by atoms with Crippen molar-refractivity contribution in [3.8, 4) is 0 Å². The molecule has 0 saturated heterocycles. The molecular formula is C14H17F2N3. The predicted octanol–water partition coefficient (Wildman–Crippen LogP) is 3.03. The fourth-order valence-electron chi connectivity index (χ4n) is 1.84. The molecule has 0 saturated carbocycles. The number of halogens is 2. The van der Waals surface area contributed by atoms with E-state index in [-0.39, 0.29) is 12.6 Å². The Labute approximate surface area is 111 Å². The van der Waals surface area contributed by atoms with Crippen LogP contribution in [0.15, 0.2) is 30.6 Å². The van der Waals surface area contributed by atoms with Gasteiger partial charge in [-0.3, -0.25) is 4.68 Å². The molecule has 1 atom stereocenters. The van der Waals surface area contributed by atoms with E-state index in [1.165, 1.54) is 6.07 Å². The van der Waals surface area contributed by atoms with Gasteiger partial charge in [-0.15, -0.1) is 0 Å². The predicted molar refractivity (Wildman–Crippen MR) is 69.5 cm³/mol. The number of hydrogen-bond donors (Lipinski definition) is 1. The minimum absolute atomic E-state index is 0.0305. The van der Waals surface area contributed by atoms with E-state index < -0.39 is 11.6 Å². The van der Waals surface area contributed by atoms with Crippen LogP contribution in [0.2, 0.25) is 0 Å². The summed E-state index contributed by atoms with van der Waals surface area (Å²) in [5.41, 5.74) is 1.35. The van der Waals surface area contributed by atoms with Crippen molar-refractivity contribution < 1.29 is 8.78 Å². The molecule has 0 aliphatic heterocycles. The Morgan fingerprint density at radius 3 is 2.84 bits per heavy atom. The van der Waals surface area contributed by atoms with Crippen LogP contribution in [-0.2, 0) is 13.1 Å². The normalized spacial score (nSPS) is 12.6. The smallest absolute Gasteiger partial charge is 0.127 e. The van der Waals surface area contributed by atoms with Gasteiger partial charge in [0.15, 0.2) is 0 Å². The molecule has 2 rings (SSSR count). The third-order valence-corrected chi connectivity index (χ3v) is 3.08. The molecule has 2 aromatic rings. The lowest BCUT2D eigenvalue weighted by Gasteiger charge is -2.12. The number of nitrogens with zero attached hydrogens (tertiary/aromatic N) is 2. The molecule has 0 aliphatic rings. The molecule has 102 valence electrons. The Kier molecular flexibility index (Phi) is 4.27. The zero-order valence-electron chi connectivity index (χ0n) is 11.0. The topological polar surface area (TPSA) is 29.9 Å². The second kappa shape index (κ2) is 5.93. The Balaban J connectivity index is 1.99. The van der Waals surface area contributed by atoms with E-state index in [1.54, 1.807) is 6.20 Å². The standard InChI is InChI=1S/C14H17F2N3/c1-3-19-9-12(8-18-19)10(2)17-7-11-6-13(15)4-5-14(11)16/h4-6,8-10,17H,3,7H2,1-2H3. The lowest BCUT2D eigenvalue weighted by atomic mass is 10.1.